The quantitative estimate of drug-likeness (QED) is 0.736. The van der Waals surface area contributed by atoms with Gasteiger partial charge in [0.2, 0.25) is 11.8 Å². The topological polar surface area (TPSA) is 58.2 Å². The summed E-state index contributed by atoms with van der Waals surface area (Å²) in [6.45, 7) is 0.263. The van der Waals surface area contributed by atoms with Crippen molar-refractivity contribution in [3.8, 4) is 0 Å². The molecule has 0 aliphatic heterocycles. The van der Waals surface area contributed by atoms with Gasteiger partial charge in [-0.15, -0.1) is 0 Å². The number of carbonyl (C=O) groups excluding carboxylic acids is 2. The van der Waals surface area contributed by atoms with E-state index in [0.717, 1.165) is 23.8 Å². The predicted octanol–water partition coefficient (Wildman–Crippen LogP) is 4.39. The smallest absolute Gasteiger partial charge is 0.351 e. The zero-order chi connectivity index (χ0) is 19.7. The zero-order valence-corrected chi connectivity index (χ0v) is 14.8. The van der Waals surface area contributed by atoms with Crippen molar-refractivity contribution in [3.05, 3.63) is 64.7 Å². The van der Waals surface area contributed by atoms with Crippen molar-refractivity contribution < 1.29 is 22.8 Å². The van der Waals surface area contributed by atoms with Crippen LogP contribution < -0.4 is 10.6 Å². The van der Waals surface area contributed by atoms with Crippen LogP contribution in [0.3, 0.4) is 0 Å². The summed E-state index contributed by atoms with van der Waals surface area (Å²) in [6.07, 6.45) is -3.90. The molecule has 0 saturated heterocycles. The van der Waals surface area contributed by atoms with Gasteiger partial charge in [-0.25, -0.2) is 0 Å². The molecule has 2 aromatic carbocycles. The highest BCUT2D eigenvalue weighted by Crippen LogP contribution is 2.47. The molecule has 1 saturated carbocycles. The van der Waals surface area contributed by atoms with Gasteiger partial charge in [0.1, 0.15) is 5.41 Å². The number of halogens is 4. The number of carbonyl (C=O) groups is 2. The number of amides is 2. The largest absolute Gasteiger partial charge is 0.416 e. The van der Waals surface area contributed by atoms with Gasteiger partial charge >= 0.3 is 6.18 Å². The molecule has 142 valence electrons. The Bertz CT molecular complexity index is 865. The number of hydrogen-bond donors (Lipinski definition) is 2. The maximum Gasteiger partial charge on any atom is 0.416 e. The Labute approximate surface area is 158 Å². The summed E-state index contributed by atoms with van der Waals surface area (Å²) in [5.74, 6) is -1.11. The summed E-state index contributed by atoms with van der Waals surface area (Å²) >= 11 is 5.90. The van der Waals surface area contributed by atoms with Crippen molar-refractivity contribution in [2.45, 2.75) is 25.6 Å². The number of hydrogen-bond acceptors (Lipinski definition) is 2. The molecule has 2 amide bonds. The normalized spacial score (nSPS) is 15.1. The molecule has 2 N–H and O–H groups in total. The molecule has 1 aliphatic carbocycles. The molecule has 0 aromatic heterocycles. The van der Waals surface area contributed by atoms with E-state index in [-0.39, 0.29) is 17.3 Å². The molecule has 4 nitrogen and oxygen atoms in total. The SMILES string of the molecule is O=C(NCc1ccccc1)C1(C(=O)Nc2cc(C(F)(F)F)ccc2Cl)CC1. The fourth-order valence-electron chi connectivity index (χ4n) is 2.67. The van der Waals surface area contributed by atoms with Crippen LogP contribution in [0.25, 0.3) is 0 Å². The summed E-state index contributed by atoms with van der Waals surface area (Å²) in [5, 5.41) is 5.05. The van der Waals surface area contributed by atoms with Gasteiger partial charge in [0.25, 0.3) is 0 Å². The van der Waals surface area contributed by atoms with Gasteiger partial charge in [-0.3, -0.25) is 9.59 Å². The average Bonchev–Trinajstić information content (AvgIpc) is 3.43. The minimum absolute atomic E-state index is 0.0307. The van der Waals surface area contributed by atoms with Gasteiger partial charge in [-0.05, 0) is 36.6 Å². The molecule has 27 heavy (non-hydrogen) atoms. The zero-order valence-electron chi connectivity index (χ0n) is 14.1. The molecular weight excluding hydrogens is 381 g/mol. The van der Waals surface area contributed by atoms with Crippen molar-refractivity contribution in [3.63, 3.8) is 0 Å². The first-order valence-electron chi connectivity index (χ1n) is 8.23. The van der Waals surface area contributed by atoms with E-state index in [1.165, 1.54) is 0 Å². The highest BCUT2D eigenvalue weighted by molar-refractivity contribution is 6.34. The Morgan fingerprint density at radius 3 is 2.30 bits per heavy atom. The Balaban J connectivity index is 1.69. The second-order valence-electron chi connectivity index (χ2n) is 6.40. The summed E-state index contributed by atoms with van der Waals surface area (Å²) in [5.41, 5.74) is -1.49. The Kier molecular flexibility index (Phi) is 5.15. The first-order valence-corrected chi connectivity index (χ1v) is 8.61. The highest BCUT2D eigenvalue weighted by atomic mass is 35.5. The van der Waals surface area contributed by atoms with Crippen LogP contribution in [0.2, 0.25) is 5.02 Å². The number of anilines is 1. The van der Waals surface area contributed by atoms with Gasteiger partial charge in [0, 0.05) is 6.54 Å². The number of alkyl halides is 3. The molecule has 0 atom stereocenters. The van der Waals surface area contributed by atoms with E-state index < -0.39 is 29.0 Å². The average molecular weight is 397 g/mol. The Hall–Kier alpha value is -2.54. The Morgan fingerprint density at radius 2 is 1.70 bits per heavy atom. The van der Waals surface area contributed by atoms with Crippen molar-refractivity contribution >= 4 is 29.1 Å². The molecule has 0 spiro atoms. The second kappa shape index (κ2) is 7.23. The molecule has 0 radical (unpaired) electrons. The molecule has 2 aromatic rings. The van der Waals surface area contributed by atoms with Gasteiger partial charge in [0.15, 0.2) is 0 Å². The second-order valence-corrected chi connectivity index (χ2v) is 6.80. The van der Waals surface area contributed by atoms with Gasteiger partial charge in [-0.1, -0.05) is 41.9 Å². The van der Waals surface area contributed by atoms with Crippen LogP contribution in [0.1, 0.15) is 24.0 Å². The molecule has 8 heteroatoms. The van der Waals surface area contributed by atoms with Crippen molar-refractivity contribution in [2.75, 3.05) is 5.32 Å². The van der Waals surface area contributed by atoms with Crippen LogP contribution in [-0.4, -0.2) is 11.8 Å². The predicted molar refractivity (Wildman–Crippen MR) is 95.0 cm³/mol. The summed E-state index contributed by atoms with van der Waals surface area (Å²) in [4.78, 5) is 25.0. The lowest BCUT2D eigenvalue weighted by atomic mass is 10.0. The van der Waals surface area contributed by atoms with Crippen molar-refractivity contribution in [1.29, 1.82) is 0 Å². The molecule has 1 fully saturated rings. The molecule has 0 unspecified atom stereocenters. The lowest BCUT2D eigenvalue weighted by Crippen LogP contribution is -2.39. The number of nitrogens with one attached hydrogen (secondary N) is 2. The molecule has 0 bridgehead atoms. The minimum atomic E-state index is -4.56. The summed E-state index contributed by atoms with van der Waals surface area (Å²) < 4.78 is 38.6. The maximum absolute atomic E-state index is 12.9. The fraction of sp³-hybridized carbons (Fsp3) is 0.263. The van der Waals surface area contributed by atoms with E-state index in [4.69, 9.17) is 11.6 Å². The van der Waals surface area contributed by atoms with Crippen LogP contribution in [0.5, 0.6) is 0 Å². The summed E-state index contributed by atoms with van der Waals surface area (Å²) in [7, 11) is 0. The van der Waals surface area contributed by atoms with E-state index in [9.17, 15) is 22.8 Å². The van der Waals surface area contributed by atoms with E-state index in [1.54, 1.807) is 0 Å². The lowest BCUT2D eigenvalue weighted by Gasteiger charge is -2.17. The third kappa shape index (κ3) is 4.24. The van der Waals surface area contributed by atoms with Crippen molar-refractivity contribution in [2.24, 2.45) is 5.41 Å². The number of benzene rings is 2. The van der Waals surface area contributed by atoms with Gasteiger partial charge in [0.05, 0.1) is 16.3 Å². The van der Waals surface area contributed by atoms with Crippen molar-refractivity contribution in [1.82, 2.24) is 5.32 Å². The minimum Gasteiger partial charge on any atom is -0.351 e. The molecule has 3 rings (SSSR count). The van der Waals surface area contributed by atoms with Crippen LogP contribution >= 0.6 is 11.6 Å². The van der Waals surface area contributed by atoms with E-state index in [1.807, 2.05) is 30.3 Å². The van der Waals surface area contributed by atoms with Gasteiger partial charge in [-0.2, -0.15) is 13.2 Å². The third-order valence-electron chi connectivity index (χ3n) is 4.46. The number of rotatable bonds is 5. The standard InChI is InChI=1S/C19H16ClF3N2O2/c20-14-7-6-13(19(21,22)23)10-15(14)25-17(27)18(8-9-18)16(26)24-11-12-4-2-1-3-5-12/h1-7,10H,8-9,11H2,(H,24,26)(H,25,27). The van der Waals surface area contributed by atoms with Gasteiger partial charge < -0.3 is 10.6 Å². The van der Waals surface area contributed by atoms with Crippen LogP contribution in [0.4, 0.5) is 18.9 Å². The third-order valence-corrected chi connectivity index (χ3v) is 4.79. The molecular formula is C19H16ClF3N2O2. The first kappa shape index (κ1) is 19.2. The first-order chi connectivity index (χ1) is 12.7. The van der Waals surface area contributed by atoms with E-state index in [0.29, 0.717) is 12.8 Å². The van der Waals surface area contributed by atoms with E-state index in [2.05, 4.69) is 10.6 Å². The van der Waals surface area contributed by atoms with Crippen LogP contribution in [0.15, 0.2) is 48.5 Å². The Morgan fingerprint density at radius 1 is 1.04 bits per heavy atom. The van der Waals surface area contributed by atoms with Crippen LogP contribution in [0, 0.1) is 5.41 Å². The maximum atomic E-state index is 12.9. The lowest BCUT2D eigenvalue weighted by molar-refractivity contribution is -0.138. The molecule has 0 heterocycles. The monoisotopic (exact) mass is 396 g/mol. The highest BCUT2D eigenvalue weighted by Gasteiger charge is 2.56. The van der Waals surface area contributed by atoms with E-state index >= 15 is 0 Å². The molecule has 1 aliphatic rings. The fourth-order valence-corrected chi connectivity index (χ4v) is 2.83. The summed E-state index contributed by atoms with van der Waals surface area (Å²) in [6, 6.07) is 11.8. The van der Waals surface area contributed by atoms with Crippen LogP contribution in [-0.2, 0) is 22.3 Å².